The molecule has 4 aromatic rings. The van der Waals surface area contributed by atoms with Crippen molar-refractivity contribution in [2.45, 2.75) is 37.9 Å². The molecule has 2 aliphatic rings. The first-order valence-corrected chi connectivity index (χ1v) is 16.1. The molecule has 268 valence electrons. The van der Waals surface area contributed by atoms with Crippen LogP contribution >= 0.6 is 24.8 Å². The fourth-order valence-corrected chi connectivity index (χ4v) is 6.76. The van der Waals surface area contributed by atoms with E-state index in [2.05, 4.69) is 78.3 Å². The molecule has 2 aromatic carbocycles. The number of alkyl halides is 2. The van der Waals surface area contributed by atoms with Crippen LogP contribution in [0.4, 0.5) is 8.78 Å². The molecule has 2 aromatic heterocycles. The van der Waals surface area contributed by atoms with Crippen molar-refractivity contribution >= 4 is 30.7 Å². The lowest BCUT2D eigenvalue weighted by molar-refractivity contribution is -0.0294. The molecule has 0 aliphatic carbocycles. The number of aromatic nitrogens is 4. The maximum Gasteiger partial charge on any atom is 0.323 e. The number of hydrogen-bond donors (Lipinski definition) is 0. The minimum absolute atomic E-state index is 0. The van der Waals surface area contributed by atoms with E-state index in [1.54, 1.807) is 13.1 Å². The third-order valence-electron chi connectivity index (χ3n) is 8.75. The third-order valence-corrected chi connectivity index (χ3v) is 8.75. The molecule has 1 amide bonds. The Hall–Kier alpha value is -4.17. The Labute approximate surface area is 302 Å². The van der Waals surface area contributed by atoms with Gasteiger partial charge in [0.2, 0.25) is 11.8 Å². The van der Waals surface area contributed by atoms with E-state index in [0.29, 0.717) is 44.0 Å². The molecule has 0 spiro atoms. The lowest BCUT2D eigenvalue weighted by Gasteiger charge is -2.53. The number of rotatable bonds is 12. The number of ether oxygens (including phenoxy) is 3. The van der Waals surface area contributed by atoms with E-state index in [0.717, 1.165) is 0 Å². The van der Waals surface area contributed by atoms with E-state index in [9.17, 15) is 13.6 Å². The minimum atomic E-state index is -2.69. The number of benzene rings is 2. The highest BCUT2D eigenvalue weighted by atomic mass is 35.5. The molecule has 0 radical (unpaired) electrons. The van der Waals surface area contributed by atoms with Gasteiger partial charge in [-0.2, -0.15) is 9.97 Å². The Morgan fingerprint density at radius 3 is 2.18 bits per heavy atom. The molecule has 2 fully saturated rings. The maximum atomic E-state index is 13.5. The van der Waals surface area contributed by atoms with Gasteiger partial charge in [-0.05, 0) is 18.1 Å². The van der Waals surface area contributed by atoms with Gasteiger partial charge in [-0.1, -0.05) is 60.7 Å². The number of nitrogens with zero attached hydrogens (tertiary/aromatic N) is 7. The maximum absolute atomic E-state index is 13.5. The second kappa shape index (κ2) is 18.2. The summed E-state index contributed by atoms with van der Waals surface area (Å²) in [5.74, 6) is 0.0362. The van der Waals surface area contributed by atoms with Crippen molar-refractivity contribution in [3.63, 3.8) is 0 Å². The van der Waals surface area contributed by atoms with Crippen LogP contribution in [0.15, 0.2) is 79.3 Å². The molecule has 4 heterocycles. The first kappa shape index (κ1) is 38.6. The smallest absolute Gasteiger partial charge is 0.323 e. The number of amides is 1. The van der Waals surface area contributed by atoms with Gasteiger partial charge in [-0.3, -0.25) is 19.6 Å². The van der Waals surface area contributed by atoms with Gasteiger partial charge in [0.05, 0.1) is 25.5 Å². The lowest BCUT2D eigenvalue weighted by Crippen LogP contribution is -2.67. The molecule has 0 N–H and O–H groups in total. The summed E-state index contributed by atoms with van der Waals surface area (Å²) in [4.78, 5) is 37.2. The summed E-state index contributed by atoms with van der Waals surface area (Å²) in [7, 11) is 1.47. The van der Waals surface area contributed by atoms with E-state index in [4.69, 9.17) is 14.2 Å². The highest BCUT2D eigenvalue weighted by Gasteiger charge is 2.43. The zero-order chi connectivity index (χ0) is 33.5. The van der Waals surface area contributed by atoms with E-state index in [1.165, 1.54) is 30.6 Å². The van der Waals surface area contributed by atoms with Gasteiger partial charge < -0.3 is 19.1 Å². The van der Waals surface area contributed by atoms with Gasteiger partial charge in [0, 0.05) is 69.7 Å². The first-order chi connectivity index (χ1) is 23.4. The molecule has 2 saturated heterocycles. The van der Waals surface area contributed by atoms with Gasteiger partial charge in [0.15, 0.2) is 6.61 Å². The van der Waals surface area contributed by atoms with Crippen molar-refractivity contribution in [1.29, 1.82) is 0 Å². The minimum Gasteiger partial charge on any atom is -0.481 e. The van der Waals surface area contributed by atoms with Crippen molar-refractivity contribution in [1.82, 2.24) is 34.6 Å². The number of piperazine rings is 2. The molecule has 6 rings (SSSR count). The van der Waals surface area contributed by atoms with Crippen LogP contribution in [0.5, 0.6) is 17.8 Å². The van der Waals surface area contributed by atoms with Crippen LogP contribution in [0.25, 0.3) is 0 Å². The van der Waals surface area contributed by atoms with Crippen LogP contribution in [0, 0.1) is 0 Å². The summed E-state index contributed by atoms with van der Waals surface area (Å²) in [5, 5.41) is 0. The summed E-state index contributed by atoms with van der Waals surface area (Å²) in [6.45, 7) is 4.41. The lowest BCUT2D eigenvalue weighted by atomic mass is 9.81. The highest BCUT2D eigenvalue weighted by molar-refractivity contribution is 5.92. The number of halogens is 4. The van der Waals surface area contributed by atoms with E-state index < -0.39 is 13.0 Å². The average molecular weight is 733 g/mol. The van der Waals surface area contributed by atoms with Crippen LogP contribution in [0.3, 0.4) is 0 Å². The van der Waals surface area contributed by atoms with Crippen LogP contribution in [0.2, 0.25) is 0 Å². The summed E-state index contributed by atoms with van der Waals surface area (Å²) in [5.41, 5.74) is 3.11. The van der Waals surface area contributed by atoms with Gasteiger partial charge in [0.1, 0.15) is 5.69 Å². The van der Waals surface area contributed by atoms with E-state index >= 15 is 0 Å². The Bertz CT molecular complexity index is 1610. The van der Waals surface area contributed by atoms with Crippen molar-refractivity contribution in [3.05, 3.63) is 102 Å². The number of fused-ring (bicyclic) bond motifs is 1. The Kier molecular flexibility index (Phi) is 14.0. The Balaban J connectivity index is 0.00000281. The average Bonchev–Trinajstić information content (AvgIpc) is 3.12. The van der Waals surface area contributed by atoms with Crippen molar-refractivity contribution in [2.75, 3.05) is 53.0 Å². The SMILES string of the molecule is CCOc1nc(OC)c(CN2CC3CN(C(=O)c4cnccn4)CCN3C(C(c3ccccc3)c3ccccc3)C2)c(OCC(F)F)n1.Cl.Cl. The zero-order valence-electron chi connectivity index (χ0n) is 27.8. The predicted molar refractivity (Wildman–Crippen MR) is 188 cm³/mol. The zero-order valence-corrected chi connectivity index (χ0v) is 29.4. The number of methoxy groups -OCH3 is 1. The largest absolute Gasteiger partial charge is 0.481 e. The number of carbonyl (C=O) groups is 1. The molecule has 0 saturated carbocycles. The van der Waals surface area contributed by atoms with Crippen LogP contribution in [0.1, 0.15) is 40.0 Å². The summed E-state index contributed by atoms with van der Waals surface area (Å²) in [6, 6.07) is 20.8. The van der Waals surface area contributed by atoms with Crippen LogP contribution in [-0.4, -0.2) is 112 Å². The second-order valence-electron chi connectivity index (χ2n) is 11.7. The standard InChI is InChI=1S/C35H39F2N7O4.2ClH/c1-3-47-35-40-32(46-2)27(33(41-35)48-23-30(36)37)21-42-19-26-20-43(34(45)28-18-38-14-15-39-28)16-17-44(26)29(22-42)31(24-10-6-4-7-11-24)25-12-8-5-9-13-25;;/h4-15,18,26,29-31H,3,16-17,19-23H2,1-2H3;2*1H. The van der Waals surface area contributed by atoms with Gasteiger partial charge in [-0.15, -0.1) is 24.8 Å². The molecule has 2 unspecified atom stereocenters. The van der Waals surface area contributed by atoms with Gasteiger partial charge in [0.25, 0.3) is 12.3 Å². The Morgan fingerprint density at radius 2 is 1.58 bits per heavy atom. The monoisotopic (exact) mass is 731 g/mol. The third kappa shape index (κ3) is 8.94. The highest BCUT2D eigenvalue weighted by Crippen LogP contribution is 2.37. The fraction of sp³-hybridized carbons (Fsp3) is 0.400. The topological polar surface area (TPSA) is 106 Å². The molecule has 15 heteroatoms. The van der Waals surface area contributed by atoms with E-state index in [1.807, 2.05) is 17.0 Å². The normalized spacial score (nSPS) is 17.8. The van der Waals surface area contributed by atoms with Gasteiger partial charge >= 0.3 is 6.01 Å². The van der Waals surface area contributed by atoms with Crippen LogP contribution < -0.4 is 14.2 Å². The molecule has 0 bridgehead atoms. The fourth-order valence-electron chi connectivity index (χ4n) is 6.76. The molecular formula is C35H41Cl2F2N7O4. The van der Waals surface area contributed by atoms with Crippen molar-refractivity contribution < 1.29 is 27.8 Å². The number of carbonyl (C=O) groups excluding carboxylic acids is 1. The van der Waals surface area contributed by atoms with Crippen LogP contribution in [-0.2, 0) is 6.54 Å². The number of hydrogen-bond acceptors (Lipinski definition) is 10. The summed E-state index contributed by atoms with van der Waals surface area (Å²) in [6.07, 6.45) is 1.86. The molecule has 2 aliphatic heterocycles. The second-order valence-corrected chi connectivity index (χ2v) is 11.7. The molecule has 2 atom stereocenters. The van der Waals surface area contributed by atoms with Crippen molar-refractivity contribution in [3.8, 4) is 17.8 Å². The molecule has 11 nitrogen and oxygen atoms in total. The Morgan fingerprint density at radius 1 is 0.900 bits per heavy atom. The first-order valence-electron chi connectivity index (χ1n) is 16.1. The summed E-state index contributed by atoms with van der Waals surface area (Å²) < 4.78 is 43.3. The van der Waals surface area contributed by atoms with Crippen molar-refractivity contribution in [2.24, 2.45) is 0 Å². The molecular weight excluding hydrogens is 691 g/mol. The molecule has 50 heavy (non-hydrogen) atoms. The predicted octanol–water partition coefficient (Wildman–Crippen LogP) is 5.00. The van der Waals surface area contributed by atoms with Gasteiger partial charge in [-0.25, -0.2) is 13.8 Å². The quantitative estimate of drug-likeness (QED) is 0.198. The van der Waals surface area contributed by atoms with E-state index in [-0.39, 0.29) is 79.6 Å². The summed E-state index contributed by atoms with van der Waals surface area (Å²) >= 11 is 0.